The minimum atomic E-state index is -4.44. The smallest absolute Gasteiger partial charge is 0.258 e. The number of hydrogen-bond acceptors (Lipinski definition) is 3. The van der Waals surface area contributed by atoms with Gasteiger partial charge in [0.2, 0.25) is 0 Å². The Hall–Kier alpha value is -2.44. The normalized spacial score (nSPS) is 11.4. The van der Waals surface area contributed by atoms with Gasteiger partial charge in [0.25, 0.3) is 5.69 Å². The van der Waals surface area contributed by atoms with Gasteiger partial charge in [-0.25, -0.2) is 4.98 Å². The van der Waals surface area contributed by atoms with E-state index in [2.05, 4.69) is 4.98 Å². The van der Waals surface area contributed by atoms with Gasteiger partial charge in [0, 0.05) is 11.1 Å². The molecule has 7 heteroatoms. The van der Waals surface area contributed by atoms with Crippen LogP contribution in [-0.4, -0.2) is 9.91 Å². The Labute approximate surface area is 112 Å². The van der Waals surface area contributed by atoms with Crippen LogP contribution >= 0.6 is 0 Å². The molecule has 0 unspecified atom stereocenters. The third-order valence-electron chi connectivity index (χ3n) is 2.77. The Kier molecular flexibility index (Phi) is 3.44. The van der Waals surface area contributed by atoms with Crippen LogP contribution < -0.4 is 0 Å². The summed E-state index contributed by atoms with van der Waals surface area (Å²) in [5.74, 6) is 0. The Balaban J connectivity index is 2.47. The molecule has 0 N–H and O–H groups in total. The van der Waals surface area contributed by atoms with E-state index in [1.807, 2.05) is 0 Å². The van der Waals surface area contributed by atoms with E-state index in [1.165, 1.54) is 25.1 Å². The fourth-order valence-electron chi connectivity index (χ4n) is 1.75. The Morgan fingerprint density at radius 2 is 1.95 bits per heavy atom. The highest BCUT2D eigenvalue weighted by molar-refractivity contribution is 5.62. The first-order chi connectivity index (χ1) is 9.29. The molecular formula is C13H9F3N2O2. The number of nitro groups is 1. The van der Waals surface area contributed by atoms with E-state index in [1.54, 1.807) is 0 Å². The molecule has 1 aromatic carbocycles. The van der Waals surface area contributed by atoms with Crippen LogP contribution in [0.2, 0.25) is 0 Å². The Bertz CT molecular complexity index is 669. The van der Waals surface area contributed by atoms with Gasteiger partial charge in [-0.2, -0.15) is 13.2 Å². The monoisotopic (exact) mass is 282 g/mol. The van der Waals surface area contributed by atoms with E-state index in [0.717, 1.165) is 18.3 Å². The summed E-state index contributed by atoms with van der Waals surface area (Å²) in [6, 6.07) is 6.07. The van der Waals surface area contributed by atoms with E-state index in [-0.39, 0.29) is 16.9 Å². The van der Waals surface area contributed by atoms with E-state index in [9.17, 15) is 23.3 Å². The summed E-state index contributed by atoms with van der Waals surface area (Å²) < 4.78 is 37.9. The third kappa shape index (κ3) is 2.76. The van der Waals surface area contributed by atoms with Crippen LogP contribution in [0.1, 0.15) is 11.1 Å². The van der Waals surface area contributed by atoms with Crippen molar-refractivity contribution < 1.29 is 18.1 Å². The van der Waals surface area contributed by atoms with Crippen LogP contribution in [0.4, 0.5) is 18.9 Å². The number of nitrogens with zero attached hydrogens (tertiary/aromatic N) is 2. The Morgan fingerprint density at radius 1 is 1.25 bits per heavy atom. The molecule has 0 fully saturated rings. The van der Waals surface area contributed by atoms with Crippen LogP contribution in [0.15, 0.2) is 36.5 Å². The summed E-state index contributed by atoms with van der Waals surface area (Å²) in [6.07, 6.45) is -3.39. The lowest BCUT2D eigenvalue weighted by molar-refractivity contribution is -0.385. The van der Waals surface area contributed by atoms with Gasteiger partial charge < -0.3 is 0 Å². The number of halogens is 3. The summed E-state index contributed by atoms with van der Waals surface area (Å²) in [4.78, 5) is 13.9. The second-order valence-electron chi connectivity index (χ2n) is 4.19. The molecular weight excluding hydrogens is 273 g/mol. The third-order valence-corrected chi connectivity index (χ3v) is 2.77. The molecule has 0 spiro atoms. The zero-order chi connectivity index (χ0) is 14.9. The minimum Gasteiger partial charge on any atom is -0.258 e. The number of rotatable bonds is 2. The van der Waals surface area contributed by atoms with E-state index in [0.29, 0.717) is 5.56 Å². The van der Waals surface area contributed by atoms with Gasteiger partial charge >= 0.3 is 6.18 Å². The van der Waals surface area contributed by atoms with Crippen LogP contribution in [0.5, 0.6) is 0 Å². The van der Waals surface area contributed by atoms with Gasteiger partial charge in [0.15, 0.2) is 0 Å². The highest BCUT2D eigenvalue weighted by Gasteiger charge is 2.30. The molecule has 20 heavy (non-hydrogen) atoms. The van der Waals surface area contributed by atoms with Gasteiger partial charge in [0.05, 0.1) is 16.2 Å². The zero-order valence-electron chi connectivity index (χ0n) is 10.3. The standard InChI is InChI=1S/C13H9F3N2O2/c1-8-5-11(17-7-12(8)18(19)20)9-3-2-4-10(6-9)13(14,15)16/h2-7H,1H3. The first kappa shape index (κ1) is 14.0. The predicted molar refractivity (Wildman–Crippen MR) is 66.1 cm³/mol. The number of aromatic nitrogens is 1. The molecule has 1 aromatic heterocycles. The van der Waals surface area contributed by atoms with E-state index >= 15 is 0 Å². The molecule has 0 saturated carbocycles. The summed E-state index contributed by atoms with van der Waals surface area (Å²) in [6.45, 7) is 1.51. The molecule has 4 nitrogen and oxygen atoms in total. The van der Waals surface area contributed by atoms with Crippen LogP contribution in [0.3, 0.4) is 0 Å². The number of pyridine rings is 1. The van der Waals surface area contributed by atoms with Crippen LogP contribution in [0.25, 0.3) is 11.3 Å². The first-order valence-corrected chi connectivity index (χ1v) is 5.57. The van der Waals surface area contributed by atoms with Crippen molar-refractivity contribution in [1.82, 2.24) is 4.98 Å². The molecule has 104 valence electrons. The zero-order valence-corrected chi connectivity index (χ0v) is 10.3. The average molecular weight is 282 g/mol. The van der Waals surface area contributed by atoms with Crippen molar-refractivity contribution in [1.29, 1.82) is 0 Å². The minimum absolute atomic E-state index is 0.166. The van der Waals surface area contributed by atoms with Crippen molar-refractivity contribution in [2.45, 2.75) is 13.1 Å². The van der Waals surface area contributed by atoms with Crippen molar-refractivity contribution >= 4 is 5.69 Å². The highest BCUT2D eigenvalue weighted by atomic mass is 19.4. The summed E-state index contributed by atoms with van der Waals surface area (Å²) in [5.41, 5.74) is -0.0806. The molecule has 0 amide bonds. The van der Waals surface area contributed by atoms with Gasteiger partial charge in [-0.05, 0) is 25.1 Å². The predicted octanol–water partition coefficient (Wildman–Crippen LogP) is 3.98. The molecule has 0 bridgehead atoms. The molecule has 0 aliphatic rings. The summed E-state index contributed by atoms with van der Waals surface area (Å²) in [7, 11) is 0. The van der Waals surface area contributed by atoms with E-state index < -0.39 is 16.7 Å². The van der Waals surface area contributed by atoms with Crippen molar-refractivity contribution in [3.63, 3.8) is 0 Å². The van der Waals surface area contributed by atoms with Gasteiger partial charge in [0.1, 0.15) is 6.20 Å². The fourth-order valence-corrected chi connectivity index (χ4v) is 1.75. The number of alkyl halides is 3. The summed E-state index contributed by atoms with van der Waals surface area (Å²) in [5, 5.41) is 10.7. The lowest BCUT2D eigenvalue weighted by atomic mass is 10.1. The van der Waals surface area contributed by atoms with E-state index in [4.69, 9.17) is 0 Å². The molecule has 0 aliphatic heterocycles. The number of benzene rings is 1. The van der Waals surface area contributed by atoms with Crippen molar-refractivity contribution in [3.8, 4) is 11.3 Å². The molecule has 0 radical (unpaired) electrons. The first-order valence-electron chi connectivity index (χ1n) is 5.57. The van der Waals surface area contributed by atoms with Crippen molar-refractivity contribution in [2.24, 2.45) is 0 Å². The number of aryl methyl sites for hydroxylation is 1. The lowest BCUT2D eigenvalue weighted by Gasteiger charge is -2.08. The molecule has 0 saturated heterocycles. The van der Waals surface area contributed by atoms with Crippen molar-refractivity contribution in [3.05, 3.63) is 57.8 Å². The van der Waals surface area contributed by atoms with Gasteiger partial charge in [-0.3, -0.25) is 10.1 Å². The van der Waals surface area contributed by atoms with Gasteiger partial charge in [-0.15, -0.1) is 0 Å². The maximum absolute atomic E-state index is 12.6. The fraction of sp³-hybridized carbons (Fsp3) is 0.154. The molecule has 0 aliphatic carbocycles. The maximum Gasteiger partial charge on any atom is 0.416 e. The quantitative estimate of drug-likeness (QED) is 0.618. The lowest BCUT2D eigenvalue weighted by Crippen LogP contribution is -2.04. The average Bonchev–Trinajstić information content (AvgIpc) is 2.37. The topological polar surface area (TPSA) is 56.0 Å². The molecule has 1 heterocycles. The highest BCUT2D eigenvalue weighted by Crippen LogP contribution is 2.32. The Morgan fingerprint density at radius 3 is 2.50 bits per heavy atom. The molecule has 2 rings (SSSR count). The molecule has 0 atom stereocenters. The van der Waals surface area contributed by atoms with Gasteiger partial charge in [-0.1, -0.05) is 12.1 Å². The largest absolute Gasteiger partial charge is 0.416 e. The maximum atomic E-state index is 12.6. The number of hydrogen-bond donors (Lipinski definition) is 0. The van der Waals surface area contributed by atoms with Crippen molar-refractivity contribution in [2.75, 3.05) is 0 Å². The second-order valence-corrected chi connectivity index (χ2v) is 4.19. The molecule has 2 aromatic rings. The van der Waals surface area contributed by atoms with Crippen LogP contribution in [-0.2, 0) is 6.18 Å². The summed E-state index contributed by atoms with van der Waals surface area (Å²) >= 11 is 0. The second kappa shape index (κ2) is 4.92. The van der Waals surface area contributed by atoms with Crippen LogP contribution in [0, 0.1) is 17.0 Å². The SMILES string of the molecule is Cc1cc(-c2cccc(C(F)(F)F)c2)ncc1[N+](=O)[O-].